The van der Waals surface area contributed by atoms with Crippen LogP contribution in [-0.4, -0.2) is 11.6 Å². The molecular weight excluding hydrogens is 339 g/mol. The number of benzene rings is 2. The van der Waals surface area contributed by atoms with E-state index in [0.717, 1.165) is 16.5 Å². The molecule has 2 nitrogen and oxygen atoms in total. The van der Waals surface area contributed by atoms with Crippen molar-refractivity contribution in [3.8, 4) is 0 Å². The van der Waals surface area contributed by atoms with Crippen LogP contribution in [0, 0.1) is 5.92 Å². The highest BCUT2D eigenvalue weighted by Gasteiger charge is 2.58. The molecule has 2 aromatic rings. The molecule has 0 spiro atoms. The van der Waals surface area contributed by atoms with Crippen LogP contribution >= 0.6 is 23.2 Å². The van der Waals surface area contributed by atoms with Crippen molar-refractivity contribution in [3.05, 3.63) is 57.6 Å². The van der Waals surface area contributed by atoms with E-state index in [-0.39, 0.29) is 5.54 Å². The van der Waals surface area contributed by atoms with Crippen molar-refractivity contribution in [2.45, 2.75) is 43.7 Å². The molecule has 2 bridgehead atoms. The molecule has 0 unspecified atom stereocenters. The monoisotopic (exact) mass is 358 g/mol. The summed E-state index contributed by atoms with van der Waals surface area (Å²) in [6, 6.07) is 12.9. The number of halogens is 2. The van der Waals surface area contributed by atoms with Crippen molar-refractivity contribution in [3.63, 3.8) is 0 Å². The lowest BCUT2D eigenvalue weighted by atomic mass is 9.72. The number of fused-ring (bicyclic) bond motifs is 9. The molecule has 4 heteroatoms. The van der Waals surface area contributed by atoms with Crippen molar-refractivity contribution in [2.75, 3.05) is 10.6 Å². The van der Waals surface area contributed by atoms with E-state index in [2.05, 4.69) is 48.7 Å². The van der Waals surface area contributed by atoms with E-state index in [1.54, 1.807) is 0 Å². The molecule has 1 fully saturated rings. The molecule has 1 aliphatic carbocycles. The van der Waals surface area contributed by atoms with E-state index < -0.39 is 0 Å². The number of nitrogens with one attached hydrogen (secondary N) is 2. The lowest BCUT2D eigenvalue weighted by Crippen LogP contribution is -2.49. The third-order valence-corrected chi connectivity index (χ3v) is 6.80. The smallest absolute Gasteiger partial charge is 0.0410 e. The molecule has 124 valence electrons. The predicted molar refractivity (Wildman–Crippen MR) is 102 cm³/mol. The van der Waals surface area contributed by atoms with E-state index in [4.69, 9.17) is 23.2 Å². The lowest BCUT2D eigenvalue weighted by Gasteiger charge is -2.43. The highest BCUT2D eigenvalue weighted by molar-refractivity contribution is 6.31. The van der Waals surface area contributed by atoms with Crippen LogP contribution in [0.1, 0.15) is 43.2 Å². The van der Waals surface area contributed by atoms with Gasteiger partial charge in [-0.25, -0.2) is 0 Å². The molecule has 0 aromatic heterocycles. The van der Waals surface area contributed by atoms with Crippen LogP contribution < -0.4 is 10.6 Å². The van der Waals surface area contributed by atoms with Gasteiger partial charge in [-0.1, -0.05) is 23.2 Å². The average molecular weight is 359 g/mol. The summed E-state index contributed by atoms with van der Waals surface area (Å²) in [5, 5.41) is 9.18. The van der Waals surface area contributed by atoms with Crippen LogP contribution in [0.5, 0.6) is 0 Å². The zero-order valence-corrected chi connectivity index (χ0v) is 15.2. The van der Waals surface area contributed by atoms with Gasteiger partial charge < -0.3 is 10.6 Å². The molecule has 5 atom stereocenters. The van der Waals surface area contributed by atoms with E-state index in [9.17, 15) is 0 Å². The van der Waals surface area contributed by atoms with E-state index in [1.807, 2.05) is 12.1 Å². The second-order valence-corrected chi connectivity index (χ2v) is 8.67. The molecule has 2 N–H and O–H groups in total. The fourth-order valence-corrected chi connectivity index (χ4v) is 5.98. The van der Waals surface area contributed by atoms with Crippen molar-refractivity contribution >= 4 is 34.6 Å². The quantitative estimate of drug-likeness (QED) is 0.614. The SMILES string of the molecule is C[C@H]1Nc2ccc(Cl)cc2[C@@H]2[C@H]1[C@]1(C)C[C@H]2c2cc(Cl)ccc2N1. The summed E-state index contributed by atoms with van der Waals surface area (Å²) in [6.07, 6.45) is 1.13. The Morgan fingerprint density at radius 2 is 1.67 bits per heavy atom. The van der Waals surface area contributed by atoms with Crippen LogP contribution in [-0.2, 0) is 0 Å². The van der Waals surface area contributed by atoms with E-state index >= 15 is 0 Å². The van der Waals surface area contributed by atoms with Crippen LogP contribution in [0.25, 0.3) is 0 Å². The van der Waals surface area contributed by atoms with Gasteiger partial charge in [0.15, 0.2) is 0 Å². The molecule has 24 heavy (non-hydrogen) atoms. The Bertz CT molecular complexity index is 850. The summed E-state index contributed by atoms with van der Waals surface area (Å²) < 4.78 is 0. The third kappa shape index (κ3) is 1.90. The predicted octanol–water partition coefficient (Wildman–Crippen LogP) is 5.88. The molecular formula is C20H20Cl2N2. The summed E-state index contributed by atoms with van der Waals surface area (Å²) in [6.45, 7) is 4.68. The zero-order valence-electron chi connectivity index (χ0n) is 13.7. The molecule has 0 radical (unpaired) electrons. The number of rotatable bonds is 0. The first kappa shape index (κ1) is 14.9. The van der Waals surface area contributed by atoms with Gasteiger partial charge >= 0.3 is 0 Å². The minimum Gasteiger partial charge on any atom is -0.382 e. The van der Waals surface area contributed by atoms with E-state index in [1.165, 1.54) is 22.5 Å². The van der Waals surface area contributed by atoms with Crippen LogP contribution in [0.3, 0.4) is 0 Å². The first-order valence-electron chi connectivity index (χ1n) is 8.60. The van der Waals surface area contributed by atoms with Crippen molar-refractivity contribution in [2.24, 2.45) is 5.92 Å². The summed E-state index contributed by atoms with van der Waals surface area (Å²) >= 11 is 12.7. The Morgan fingerprint density at radius 1 is 1.00 bits per heavy atom. The Balaban J connectivity index is 1.74. The van der Waals surface area contributed by atoms with Crippen LogP contribution in [0.2, 0.25) is 10.0 Å². The van der Waals surface area contributed by atoms with Gasteiger partial charge in [0.1, 0.15) is 0 Å². The molecule has 2 aromatic carbocycles. The summed E-state index contributed by atoms with van der Waals surface area (Å²) in [4.78, 5) is 0. The molecule has 3 aliphatic rings. The largest absolute Gasteiger partial charge is 0.382 e. The molecule has 0 saturated heterocycles. The van der Waals surface area contributed by atoms with Crippen LogP contribution in [0.15, 0.2) is 36.4 Å². The standard InChI is InChI=1S/C20H20Cl2N2/c1-10-19-18(14-8-12(22)3-5-16(14)23-10)15-9-20(19,2)24-17-6-4-11(21)7-13(15)17/h3-8,10,15,18-19,23-24H,9H2,1-2H3/t10-,15+,18+,19+,20+/m1/s1. The lowest BCUT2D eigenvalue weighted by molar-refractivity contribution is 0.311. The van der Waals surface area contributed by atoms with Gasteiger partial charge in [-0.3, -0.25) is 0 Å². The molecule has 0 amide bonds. The zero-order chi connectivity index (χ0) is 16.6. The number of hydrogen-bond donors (Lipinski definition) is 2. The minimum absolute atomic E-state index is 0.0859. The maximum Gasteiger partial charge on any atom is 0.0410 e. The Labute approximate surface area is 152 Å². The van der Waals surface area contributed by atoms with Crippen molar-refractivity contribution < 1.29 is 0 Å². The van der Waals surface area contributed by atoms with Crippen molar-refractivity contribution in [1.82, 2.24) is 0 Å². The minimum atomic E-state index is 0.0859. The van der Waals surface area contributed by atoms with Crippen LogP contribution in [0.4, 0.5) is 11.4 Å². The molecule has 5 rings (SSSR count). The molecule has 2 heterocycles. The van der Waals surface area contributed by atoms with Gasteiger partial charge in [-0.05, 0) is 79.6 Å². The van der Waals surface area contributed by atoms with E-state index in [0.29, 0.717) is 23.8 Å². The van der Waals surface area contributed by atoms with Gasteiger partial charge in [0, 0.05) is 38.9 Å². The summed E-state index contributed by atoms with van der Waals surface area (Å²) in [5.74, 6) is 1.46. The van der Waals surface area contributed by atoms with Gasteiger partial charge in [-0.2, -0.15) is 0 Å². The van der Waals surface area contributed by atoms with Gasteiger partial charge in [-0.15, -0.1) is 0 Å². The maximum atomic E-state index is 6.34. The summed E-state index contributed by atoms with van der Waals surface area (Å²) in [7, 11) is 0. The molecule has 2 aliphatic heterocycles. The first-order chi connectivity index (χ1) is 11.5. The van der Waals surface area contributed by atoms with Gasteiger partial charge in [0.2, 0.25) is 0 Å². The fraction of sp³-hybridized carbons (Fsp3) is 0.400. The van der Waals surface area contributed by atoms with Crippen molar-refractivity contribution in [1.29, 1.82) is 0 Å². The number of anilines is 2. The Kier molecular flexibility index (Phi) is 3.00. The maximum absolute atomic E-state index is 6.34. The van der Waals surface area contributed by atoms with Gasteiger partial charge in [0.25, 0.3) is 0 Å². The number of hydrogen-bond acceptors (Lipinski definition) is 2. The topological polar surface area (TPSA) is 24.1 Å². The molecule has 1 saturated carbocycles. The highest BCUT2D eigenvalue weighted by Crippen LogP contribution is 2.63. The Hall–Kier alpha value is -1.38. The third-order valence-electron chi connectivity index (χ3n) is 6.33. The average Bonchev–Trinajstić information content (AvgIpc) is 2.79. The highest BCUT2D eigenvalue weighted by atomic mass is 35.5. The summed E-state index contributed by atoms with van der Waals surface area (Å²) in [5.41, 5.74) is 5.26. The van der Waals surface area contributed by atoms with Gasteiger partial charge in [0.05, 0.1) is 0 Å². The normalized spacial score (nSPS) is 35.3. The second-order valence-electron chi connectivity index (χ2n) is 7.80. The first-order valence-corrected chi connectivity index (χ1v) is 9.35. The Morgan fingerprint density at radius 3 is 2.42 bits per heavy atom. The fourth-order valence-electron chi connectivity index (χ4n) is 5.61. The second kappa shape index (κ2) is 4.83.